The number of piperidine rings is 1. The molecule has 2 fully saturated rings. The molecule has 2 aromatic carbocycles. The van der Waals surface area contributed by atoms with Gasteiger partial charge in [0.2, 0.25) is 5.91 Å². The molecule has 9 heteroatoms. The summed E-state index contributed by atoms with van der Waals surface area (Å²) in [7, 11) is 0. The van der Waals surface area contributed by atoms with Crippen LogP contribution in [0.3, 0.4) is 0 Å². The minimum atomic E-state index is -1.11. The smallest absolute Gasteiger partial charge is 0.325 e. The van der Waals surface area contributed by atoms with Gasteiger partial charge in [-0.3, -0.25) is 14.5 Å². The third kappa shape index (κ3) is 4.11. The number of fused-ring (bicyclic) bond motifs is 2. The molecule has 3 aliphatic rings. The molecule has 178 valence electrons. The molecule has 2 aromatic rings. The molecule has 0 aromatic heterocycles. The molecule has 1 aliphatic carbocycles. The van der Waals surface area contributed by atoms with Crippen molar-refractivity contribution in [2.75, 3.05) is 19.6 Å². The largest absolute Gasteiger partial charge is 0.334 e. The standard InChI is InChI=1S/C25H26BrFN4O3/c26-18-3-6-21-17(13-18)7-10-25(21)23(33)31(24(34)29-25)15-22(32)30(20-8-11-28-12-9-20)14-16-1-4-19(27)5-2-16/h1-6,13,20,28H,7-12,14-15H2,(H,29,34). The number of nitrogens with zero attached hydrogens (tertiary/aromatic N) is 2. The molecule has 0 bridgehead atoms. The zero-order chi connectivity index (χ0) is 23.9. The first kappa shape index (κ1) is 23.0. The lowest BCUT2D eigenvalue weighted by molar-refractivity contribution is -0.141. The summed E-state index contributed by atoms with van der Waals surface area (Å²) in [4.78, 5) is 42.7. The molecule has 4 amide bonds. The van der Waals surface area contributed by atoms with Gasteiger partial charge in [0.1, 0.15) is 17.9 Å². The van der Waals surface area contributed by atoms with Crippen LogP contribution in [0.15, 0.2) is 46.9 Å². The molecule has 5 rings (SSSR count). The van der Waals surface area contributed by atoms with Gasteiger partial charge >= 0.3 is 6.03 Å². The van der Waals surface area contributed by atoms with Crippen molar-refractivity contribution in [3.63, 3.8) is 0 Å². The molecule has 1 unspecified atom stereocenters. The lowest BCUT2D eigenvalue weighted by Crippen LogP contribution is -2.50. The number of nitrogens with one attached hydrogen (secondary N) is 2. The number of carbonyl (C=O) groups is 3. The Hall–Kier alpha value is -2.78. The highest BCUT2D eigenvalue weighted by Crippen LogP contribution is 2.42. The van der Waals surface area contributed by atoms with Gasteiger partial charge in [-0.05, 0) is 79.7 Å². The lowest BCUT2D eigenvalue weighted by Gasteiger charge is -2.35. The maximum absolute atomic E-state index is 13.5. The minimum absolute atomic E-state index is 0.0157. The summed E-state index contributed by atoms with van der Waals surface area (Å²) < 4.78 is 14.3. The van der Waals surface area contributed by atoms with Gasteiger partial charge in [0.25, 0.3) is 5.91 Å². The van der Waals surface area contributed by atoms with Gasteiger partial charge in [-0.1, -0.05) is 34.1 Å². The summed E-state index contributed by atoms with van der Waals surface area (Å²) in [6.07, 6.45) is 2.70. The van der Waals surface area contributed by atoms with Crippen LogP contribution in [-0.2, 0) is 28.1 Å². The Bertz CT molecular complexity index is 1140. The monoisotopic (exact) mass is 528 g/mol. The third-order valence-corrected chi connectivity index (χ3v) is 7.59. The van der Waals surface area contributed by atoms with Crippen LogP contribution in [0.2, 0.25) is 0 Å². The second-order valence-electron chi connectivity index (χ2n) is 9.16. The van der Waals surface area contributed by atoms with E-state index in [1.165, 1.54) is 12.1 Å². The highest BCUT2D eigenvalue weighted by molar-refractivity contribution is 9.10. The number of aryl methyl sites for hydroxylation is 1. The van der Waals surface area contributed by atoms with Gasteiger partial charge < -0.3 is 15.5 Å². The van der Waals surface area contributed by atoms with Crippen LogP contribution in [0.1, 0.15) is 36.0 Å². The molecule has 1 atom stereocenters. The van der Waals surface area contributed by atoms with Crippen molar-refractivity contribution in [2.45, 2.75) is 43.8 Å². The van der Waals surface area contributed by atoms with Crippen LogP contribution >= 0.6 is 15.9 Å². The highest BCUT2D eigenvalue weighted by Gasteiger charge is 2.55. The Kier molecular flexibility index (Phi) is 6.16. The second-order valence-corrected chi connectivity index (χ2v) is 10.1. The van der Waals surface area contributed by atoms with E-state index in [4.69, 9.17) is 0 Å². The van der Waals surface area contributed by atoms with Crippen LogP contribution in [-0.4, -0.2) is 53.3 Å². The first-order valence-electron chi connectivity index (χ1n) is 11.5. The van der Waals surface area contributed by atoms with E-state index in [-0.39, 0.29) is 30.2 Å². The average molecular weight is 529 g/mol. The molecule has 2 N–H and O–H groups in total. The van der Waals surface area contributed by atoms with E-state index in [0.717, 1.165) is 52.0 Å². The second kappa shape index (κ2) is 9.11. The first-order valence-corrected chi connectivity index (χ1v) is 12.3. The highest BCUT2D eigenvalue weighted by atomic mass is 79.9. The lowest BCUT2D eigenvalue weighted by atomic mass is 9.92. The maximum atomic E-state index is 13.5. The molecule has 7 nitrogen and oxygen atoms in total. The Morgan fingerprint density at radius 3 is 2.62 bits per heavy atom. The molecule has 2 saturated heterocycles. The molecular formula is C25H26BrFN4O3. The summed E-state index contributed by atoms with van der Waals surface area (Å²) in [5, 5.41) is 6.18. The summed E-state index contributed by atoms with van der Waals surface area (Å²) >= 11 is 3.46. The Morgan fingerprint density at radius 1 is 1.15 bits per heavy atom. The van der Waals surface area contributed by atoms with E-state index in [9.17, 15) is 18.8 Å². The Morgan fingerprint density at radius 2 is 1.88 bits per heavy atom. The van der Waals surface area contributed by atoms with Crippen LogP contribution in [0, 0.1) is 5.82 Å². The number of halogens is 2. The van der Waals surface area contributed by atoms with Crippen molar-refractivity contribution in [1.82, 2.24) is 20.4 Å². The number of carbonyl (C=O) groups excluding carboxylic acids is 3. The SMILES string of the molecule is O=C1NC2(CCc3cc(Br)ccc32)C(=O)N1CC(=O)N(Cc1ccc(F)cc1)C1CCNCC1. The molecule has 0 saturated carbocycles. The van der Waals surface area contributed by atoms with E-state index in [0.29, 0.717) is 19.4 Å². The molecule has 2 heterocycles. The van der Waals surface area contributed by atoms with Crippen LogP contribution in [0.25, 0.3) is 0 Å². The van der Waals surface area contributed by atoms with Crippen molar-refractivity contribution < 1.29 is 18.8 Å². The summed E-state index contributed by atoms with van der Waals surface area (Å²) in [5.41, 5.74) is 1.51. The van der Waals surface area contributed by atoms with Crippen LogP contribution in [0.4, 0.5) is 9.18 Å². The molecule has 0 radical (unpaired) electrons. The van der Waals surface area contributed by atoms with Crippen LogP contribution in [0.5, 0.6) is 0 Å². The normalized spacial score (nSPS) is 22.2. The summed E-state index contributed by atoms with van der Waals surface area (Å²) in [6, 6.07) is 11.2. The summed E-state index contributed by atoms with van der Waals surface area (Å²) in [6.45, 7) is 1.56. The Balaban J connectivity index is 1.37. The van der Waals surface area contributed by atoms with E-state index < -0.39 is 11.6 Å². The predicted octanol–water partition coefficient (Wildman–Crippen LogP) is 3.06. The van der Waals surface area contributed by atoms with Gasteiger partial charge in [0.15, 0.2) is 0 Å². The zero-order valence-electron chi connectivity index (χ0n) is 18.7. The van der Waals surface area contributed by atoms with Gasteiger partial charge in [-0.15, -0.1) is 0 Å². The van der Waals surface area contributed by atoms with Crippen molar-refractivity contribution >= 4 is 33.8 Å². The molecule has 1 spiro atoms. The van der Waals surface area contributed by atoms with Gasteiger partial charge in [0, 0.05) is 17.1 Å². The molecule has 34 heavy (non-hydrogen) atoms. The number of hydrogen-bond donors (Lipinski definition) is 2. The number of urea groups is 1. The van der Waals surface area contributed by atoms with Crippen molar-refractivity contribution in [3.05, 3.63) is 69.4 Å². The Labute approximate surface area is 205 Å². The van der Waals surface area contributed by atoms with Gasteiger partial charge in [0.05, 0.1) is 0 Å². The predicted molar refractivity (Wildman–Crippen MR) is 127 cm³/mol. The minimum Gasteiger partial charge on any atom is -0.334 e. The zero-order valence-corrected chi connectivity index (χ0v) is 20.2. The van der Waals surface area contributed by atoms with Crippen molar-refractivity contribution in [3.8, 4) is 0 Å². The van der Waals surface area contributed by atoms with Crippen molar-refractivity contribution in [2.24, 2.45) is 0 Å². The van der Waals surface area contributed by atoms with E-state index in [1.807, 2.05) is 18.2 Å². The van der Waals surface area contributed by atoms with Gasteiger partial charge in [-0.2, -0.15) is 0 Å². The van der Waals surface area contributed by atoms with Crippen molar-refractivity contribution in [1.29, 1.82) is 0 Å². The molecule has 2 aliphatic heterocycles. The third-order valence-electron chi connectivity index (χ3n) is 7.10. The van der Waals surface area contributed by atoms with Crippen LogP contribution < -0.4 is 10.6 Å². The fourth-order valence-corrected chi connectivity index (χ4v) is 5.72. The number of imide groups is 1. The number of amides is 4. The first-order chi connectivity index (χ1) is 16.4. The quantitative estimate of drug-likeness (QED) is 0.584. The van der Waals surface area contributed by atoms with E-state index in [1.54, 1.807) is 17.0 Å². The average Bonchev–Trinajstić information content (AvgIpc) is 3.31. The summed E-state index contributed by atoms with van der Waals surface area (Å²) in [5.74, 6) is -0.998. The number of hydrogen-bond acceptors (Lipinski definition) is 4. The van der Waals surface area contributed by atoms with E-state index >= 15 is 0 Å². The fourth-order valence-electron chi connectivity index (χ4n) is 5.32. The van der Waals surface area contributed by atoms with Gasteiger partial charge in [-0.25, -0.2) is 9.18 Å². The topological polar surface area (TPSA) is 81.8 Å². The number of rotatable bonds is 5. The number of benzene rings is 2. The molecular weight excluding hydrogens is 503 g/mol. The maximum Gasteiger partial charge on any atom is 0.325 e. The van der Waals surface area contributed by atoms with E-state index in [2.05, 4.69) is 26.6 Å². The fraction of sp³-hybridized carbons (Fsp3) is 0.400.